The second kappa shape index (κ2) is 9.39. The second-order valence-electron chi connectivity index (χ2n) is 7.88. The number of carbonyl (C=O) groups is 2. The molecular weight excluding hydrogens is 356 g/mol. The maximum absolute atomic E-state index is 12.4. The van der Waals surface area contributed by atoms with Crippen LogP contribution in [-0.2, 0) is 9.53 Å². The third kappa shape index (κ3) is 6.40. The number of hydrogen-bond acceptors (Lipinski definition) is 4. The Morgan fingerprint density at radius 1 is 1.18 bits per heavy atom. The maximum Gasteiger partial charge on any atom is 0.306 e. The summed E-state index contributed by atoms with van der Waals surface area (Å²) in [5.74, 6) is -0.294. The van der Waals surface area contributed by atoms with Crippen LogP contribution >= 0.6 is 0 Å². The fourth-order valence-electron chi connectivity index (χ4n) is 2.92. The molecule has 0 aliphatic carbocycles. The average Bonchev–Trinajstić information content (AvgIpc) is 3.02. The molecule has 7 heteroatoms. The zero-order valence-electron chi connectivity index (χ0n) is 16.9. The molecule has 0 bridgehead atoms. The summed E-state index contributed by atoms with van der Waals surface area (Å²) in [6, 6.07) is 5.30. The van der Waals surface area contributed by atoms with Crippen molar-refractivity contribution in [1.29, 1.82) is 5.41 Å². The van der Waals surface area contributed by atoms with Crippen molar-refractivity contribution >= 4 is 28.6 Å². The Bertz CT molecular complexity index is 849. The summed E-state index contributed by atoms with van der Waals surface area (Å²) >= 11 is 0. The lowest BCUT2D eigenvalue weighted by molar-refractivity contribution is -0.154. The van der Waals surface area contributed by atoms with Gasteiger partial charge in [-0.05, 0) is 39.7 Å². The van der Waals surface area contributed by atoms with Gasteiger partial charge in [0.25, 0.3) is 5.91 Å². The van der Waals surface area contributed by atoms with Crippen molar-refractivity contribution in [2.45, 2.75) is 58.5 Å². The highest BCUT2D eigenvalue weighted by atomic mass is 16.6. The Morgan fingerprint density at radius 2 is 1.89 bits per heavy atom. The van der Waals surface area contributed by atoms with Crippen LogP contribution in [0.2, 0.25) is 0 Å². The second-order valence-corrected chi connectivity index (χ2v) is 7.88. The molecule has 0 saturated carbocycles. The molecule has 0 spiro atoms. The first kappa shape index (κ1) is 21.5. The van der Waals surface area contributed by atoms with Gasteiger partial charge in [-0.3, -0.25) is 15.0 Å². The van der Waals surface area contributed by atoms with E-state index in [1.807, 2.05) is 20.8 Å². The van der Waals surface area contributed by atoms with Crippen LogP contribution in [0.4, 0.5) is 0 Å². The number of carbonyl (C=O) groups excluding carboxylic acids is 2. The number of ether oxygens (including phenoxy) is 1. The lowest BCUT2D eigenvalue weighted by Crippen LogP contribution is -2.24. The topological polar surface area (TPSA) is 121 Å². The van der Waals surface area contributed by atoms with E-state index in [-0.39, 0.29) is 17.7 Å². The number of amidine groups is 1. The van der Waals surface area contributed by atoms with E-state index in [4.69, 9.17) is 15.9 Å². The Kier molecular flexibility index (Phi) is 7.20. The minimum absolute atomic E-state index is 0.00540. The number of benzene rings is 1. The number of fused-ring (bicyclic) bond motifs is 1. The van der Waals surface area contributed by atoms with Crippen LogP contribution in [0.5, 0.6) is 0 Å². The fourth-order valence-corrected chi connectivity index (χ4v) is 2.92. The van der Waals surface area contributed by atoms with E-state index < -0.39 is 5.60 Å². The van der Waals surface area contributed by atoms with E-state index in [0.717, 1.165) is 36.6 Å². The van der Waals surface area contributed by atoms with Crippen molar-refractivity contribution in [3.05, 3.63) is 35.5 Å². The van der Waals surface area contributed by atoms with Gasteiger partial charge >= 0.3 is 5.97 Å². The third-order valence-corrected chi connectivity index (χ3v) is 4.25. The summed E-state index contributed by atoms with van der Waals surface area (Å²) in [5, 5.41) is 11.2. The molecule has 2 aromatic rings. The highest BCUT2D eigenvalue weighted by Crippen LogP contribution is 2.19. The molecule has 0 saturated heterocycles. The number of unbranched alkanes of at least 4 members (excludes halogenated alkanes) is 3. The van der Waals surface area contributed by atoms with Gasteiger partial charge in [-0.1, -0.05) is 25.0 Å². The first-order chi connectivity index (χ1) is 13.2. The van der Waals surface area contributed by atoms with Gasteiger partial charge in [0.15, 0.2) is 0 Å². The molecule has 0 fully saturated rings. The van der Waals surface area contributed by atoms with Gasteiger partial charge in [-0.2, -0.15) is 0 Å². The molecule has 0 aliphatic rings. The molecule has 28 heavy (non-hydrogen) atoms. The van der Waals surface area contributed by atoms with Gasteiger partial charge in [-0.25, -0.2) is 0 Å². The number of amides is 1. The predicted octanol–water partition coefficient (Wildman–Crippen LogP) is 3.47. The first-order valence-corrected chi connectivity index (χ1v) is 9.63. The quantitative estimate of drug-likeness (QED) is 0.228. The Labute approximate surface area is 165 Å². The largest absolute Gasteiger partial charge is 0.460 e. The normalized spacial score (nSPS) is 11.4. The van der Waals surface area contributed by atoms with E-state index in [2.05, 4.69) is 10.3 Å². The summed E-state index contributed by atoms with van der Waals surface area (Å²) in [6.45, 7) is 6.18. The van der Waals surface area contributed by atoms with Crippen molar-refractivity contribution in [2.24, 2.45) is 5.73 Å². The predicted molar refractivity (Wildman–Crippen MR) is 111 cm³/mol. The average molecular weight is 386 g/mol. The molecule has 0 atom stereocenters. The van der Waals surface area contributed by atoms with Crippen LogP contribution < -0.4 is 11.1 Å². The molecular formula is C21H30N4O3. The molecule has 0 radical (unpaired) electrons. The maximum atomic E-state index is 12.4. The minimum atomic E-state index is -0.433. The Hall–Kier alpha value is -2.83. The lowest BCUT2D eigenvalue weighted by Gasteiger charge is -2.19. The standard InChI is InChI=1S/C21H30N4O3/c1-21(2,3)28-18(26)8-6-4-5-7-11-24-20(27)16-13-25-17-12-14(19(22)23)9-10-15(16)17/h9-10,12-13,25H,4-8,11H2,1-3H3,(H3,22,23)(H,24,27). The number of esters is 1. The zero-order valence-corrected chi connectivity index (χ0v) is 16.9. The van der Waals surface area contributed by atoms with Crippen LogP contribution in [0, 0.1) is 5.41 Å². The van der Waals surface area contributed by atoms with Crippen LogP contribution in [0.25, 0.3) is 10.9 Å². The van der Waals surface area contributed by atoms with Crippen LogP contribution in [0.3, 0.4) is 0 Å². The molecule has 0 unspecified atom stereocenters. The number of nitrogens with two attached hydrogens (primary N) is 1. The van der Waals surface area contributed by atoms with E-state index in [1.165, 1.54) is 0 Å². The molecule has 2 rings (SSSR count). The molecule has 0 aliphatic heterocycles. The zero-order chi connectivity index (χ0) is 20.7. The molecule has 5 N–H and O–H groups in total. The first-order valence-electron chi connectivity index (χ1n) is 9.63. The van der Waals surface area contributed by atoms with Crippen molar-refractivity contribution in [3.8, 4) is 0 Å². The van der Waals surface area contributed by atoms with Crippen molar-refractivity contribution in [2.75, 3.05) is 6.54 Å². The van der Waals surface area contributed by atoms with Crippen molar-refractivity contribution in [3.63, 3.8) is 0 Å². The fraction of sp³-hybridized carbons (Fsp3) is 0.476. The smallest absolute Gasteiger partial charge is 0.306 e. The van der Waals surface area contributed by atoms with Gasteiger partial charge in [0.05, 0.1) is 5.56 Å². The van der Waals surface area contributed by atoms with Gasteiger partial charge in [0.1, 0.15) is 11.4 Å². The van der Waals surface area contributed by atoms with E-state index >= 15 is 0 Å². The molecule has 152 valence electrons. The SMILES string of the molecule is CC(C)(C)OC(=O)CCCCCCNC(=O)c1c[nH]c2cc(C(=N)N)ccc12. The van der Waals surface area contributed by atoms with Gasteiger partial charge < -0.3 is 20.8 Å². The monoisotopic (exact) mass is 386 g/mol. The summed E-state index contributed by atoms with van der Waals surface area (Å²) in [7, 11) is 0. The lowest BCUT2D eigenvalue weighted by atomic mass is 10.1. The number of hydrogen-bond donors (Lipinski definition) is 4. The van der Waals surface area contributed by atoms with Crippen molar-refractivity contribution < 1.29 is 14.3 Å². The van der Waals surface area contributed by atoms with Gasteiger partial charge in [-0.15, -0.1) is 0 Å². The number of rotatable bonds is 9. The van der Waals surface area contributed by atoms with Crippen molar-refractivity contribution in [1.82, 2.24) is 10.3 Å². The summed E-state index contributed by atoms with van der Waals surface area (Å²) in [6.07, 6.45) is 5.63. The summed E-state index contributed by atoms with van der Waals surface area (Å²) < 4.78 is 5.28. The molecule has 1 heterocycles. The van der Waals surface area contributed by atoms with Crippen LogP contribution in [0.1, 0.15) is 68.8 Å². The van der Waals surface area contributed by atoms with Crippen LogP contribution in [0.15, 0.2) is 24.4 Å². The number of nitrogen functional groups attached to an aromatic ring is 1. The Morgan fingerprint density at radius 3 is 2.57 bits per heavy atom. The Balaban J connectivity index is 1.70. The molecule has 1 aromatic heterocycles. The summed E-state index contributed by atoms with van der Waals surface area (Å²) in [4.78, 5) is 27.1. The number of H-pyrrole nitrogens is 1. The van der Waals surface area contributed by atoms with E-state index in [0.29, 0.717) is 24.1 Å². The van der Waals surface area contributed by atoms with E-state index in [9.17, 15) is 9.59 Å². The number of nitrogens with one attached hydrogen (secondary N) is 3. The highest BCUT2D eigenvalue weighted by Gasteiger charge is 2.15. The molecule has 1 aromatic carbocycles. The number of aromatic nitrogens is 1. The van der Waals surface area contributed by atoms with Gasteiger partial charge in [0.2, 0.25) is 0 Å². The minimum Gasteiger partial charge on any atom is -0.460 e. The van der Waals surface area contributed by atoms with E-state index in [1.54, 1.807) is 24.4 Å². The third-order valence-electron chi connectivity index (χ3n) is 4.25. The highest BCUT2D eigenvalue weighted by molar-refractivity contribution is 6.08. The molecule has 7 nitrogen and oxygen atoms in total. The number of aromatic amines is 1. The molecule has 1 amide bonds. The van der Waals surface area contributed by atoms with Crippen LogP contribution in [-0.4, -0.2) is 34.8 Å². The summed E-state index contributed by atoms with van der Waals surface area (Å²) in [5.41, 5.74) is 7.04. The van der Waals surface area contributed by atoms with Gasteiger partial charge in [0, 0.05) is 35.6 Å².